The number of anilines is 1. The Balaban J connectivity index is 2.60. The second kappa shape index (κ2) is 10.3. The van der Waals surface area contributed by atoms with Crippen LogP contribution in [0.3, 0.4) is 0 Å². The van der Waals surface area contributed by atoms with Crippen molar-refractivity contribution in [2.75, 3.05) is 19.5 Å². The van der Waals surface area contributed by atoms with Crippen molar-refractivity contribution in [2.24, 2.45) is 5.10 Å². The smallest absolute Gasteiger partial charge is 0.240 e. The first kappa shape index (κ1) is 19.5. The van der Waals surface area contributed by atoms with Gasteiger partial charge in [-0.1, -0.05) is 13.3 Å². The Bertz CT molecular complexity index is 599. The van der Waals surface area contributed by atoms with Crippen LogP contribution in [0.15, 0.2) is 23.3 Å². The predicted molar refractivity (Wildman–Crippen MR) is 93.6 cm³/mol. The lowest BCUT2D eigenvalue weighted by molar-refractivity contribution is -0.121. The van der Waals surface area contributed by atoms with Gasteiger partial charge in [-0.2, -0.15) is 5.10 Å². The molecule has 0 radical (unpaired) electrons. The molecule has 0 heterocycles. The second-order valence-corrected chi connectivity index (χ2v) is 5.28. The molecule has 0 aliphatic heterocycles. The average molecular weight is 335 g/mol. The molecule has 1 aromatic rings. The van der Waals surface area contributed by atoms with Crippen LogP contribution in [0.1, 0.15) is 39.5 Å². The fourth-order valence-electron chi connectivity index (χ4n) is 1.93. The zero-order valence-corrected chi connectivity index (χ0v) is 14.6. The van der Waals surface area contributed by atoms with E-state index in [0.717, 1.165) is 12.8 Å². The Morgan fingerprint density at radius 3 is 2.54 bits per heavy atom. The normalized spacial score (nSPS) is 10.9. The number of benzene rings is 1. The summed E-state index contributed by atoms with van der Waals surface area (Å²) in [7, 11) is 3.07. The van der Waals surface area contributed by atoms with Crippen molar-refractivity contribution in [3.05, 3.63) is 18.2 Å². The summed E-state index contributed by atoms with van der Waals surface area (Å²) in [6, 6.07) is 5.13. The van der Waals surface area contributed by atoms with Gasteiger partial charge in [-0.25, -0.2) is 5.43 Å². The summed E-state index contributed by atoms with van der Waals surface area (Å²) in [5.74, 6) is 0.739. The molecule has 132 valence electrons. The zero-order chi connectivity index (χ0) is 17.9. The van der Waals surface area contributed by atoms with Gasteiger partial charge >= 0.3 is 0 Å². The van der Waals surface area contributed by atoms with Gasteiger partial charge < -0.3 is 14.8 Å². The summed E-state index contributed by atoms with van der Waals surface area (Å²) in [6.45, 7) is 3.70. The molecule has 0 bridgehead atoms. The molecular formula is C17H25N3O4. The number of carbonyl (C=O) groups is 2. The van der Waals surface area contributed by atoms with Crippen molar-refractivity contribution in [3.63, 3.8) is 0 Å². The van der Waals surface area contributed by atoms with Crippen LogP contribution >= 0.6 is 0 Å². The lowest BCUT2D eigenvalue weighted by Crippen LogP contribution is -2.21. The van der Waals surface area contributed by atoms with Crippen LogP contribution in [0.25, 0.3) is 0 Å². The van der Waals surface area contributed by atoms with E-state index in [0.29, 0.717) is 29.3 Å². The van der Waals surface area contributed by atoms with Gasteiger partial charge in [0.05, 0.1) is 26.3 Å². The maximum atomic E-state index is 12.1. The molecule has 0 saturated carbocycles. The number of carbonyl (C=O) groups excluding carboxylic acids is 2. The van der Waals surface area contributed by atoms with Crippen LogP contribution in [0.5, 0.6) is 11.5 Å². The molecule has 0 aliphatic carbocycles. The summed E-state index contributed by atoms with van der Waals surface area (Å²) in [5.41, 5.74) is 3.48. The van der Waals surface area contributed by atoms with E-state index in [1.807, 2.05) is 6.92 Å². The highest BCUT2D eigenvalue weighted by Crippen LogP contribution is 2.28. The molecule has 2 N–H and O–H groups in total. The molecule has 0 aromatic heterocycles. The van der Waals surface area contributed by atoms with Crippen molar-refractivity contribution in [1.29, 1.82) is 0 Å². The monoisotopic (exact) mass is 335 g/mol. The Labute approximate surface area is 142 Å². The van der Waals surface area contributed by atoms with Gasteiger partial charge in [0.2, 0.25) is 11.8 Å². The maximum absolute atomic E-state index is 12.1. The van der Waals surface area contributed by atoms with E-state index in [2.05, 4.69) is 15.8 Å². The quantitative estimate of drug-likeness (QED) is 0.536. The Kier molecular flexibility index (Phi) is 8.32. The first-order valence-corrected chi connectivity index (χ1v) is 7.84. The summed E-state index contributed by atoms with van der Waals surface area (Å²) >= 11 is 0. The van der Waals surface area contributed by atoms with Gasteiger partial charge in [0, 0.05) is 18.2 Å². The number of rotatable bonds is 9. The van der Waals surface area contributed by atoms with E-state index in [9.17, 15) is 9.59 Å². The average Bonchev–Trinajstić information content (AvgIpc) is 2.57. The molecule has 24 heavy (non-hydrogen) atoms. The van der Waals surface area contributed by atoms with E-state index < -0.39 is 0 Å². The van der Waals surface area contributed by atoms with Crippen molar-refractivity contribution < 1.29 is 19.1 Å². The molecule has 0 aliphatic rings. The fraction of sp³-hybridized carbons (Fsp3) is 0.471. The van der Waals surface area contributed by atoms with E-state index >= 15 is 0 Å². The topological polar surface area (TPSA) is 89.0 Å². The van der Waals surface area contributed by atoms with Gasteiger partial charge in [-0.15, -0.1) is 0 Å². The number of nitrogens with zero attached hydrogens (tertiary/aromatic N) is 1. The number of ether oxygens (including phenoxy) is 2. The Hall–Kier alpha value is -2.57. The number of hydrogen-bond donors (Lipinski definition) is 2. The van der Waals surface area contributed by atoms with Crippen LogP contribution in [-0.2, 0) is 9.59 Å². The number of unbranched alkanes of at least 4 members (excludes halogenated alkanes) is 1. The third kappa shape index (κ3) is 6.68. The summed E-state index contributed by atoms with van der Waals surface area (Å²) in [5, 5.41) is 6.69. The largest absolute Gasteiger partial charge is 0.497 e. The minimum absolute atomic E-state index is 0.0639. The Morgan fingerprint density at radius 1 is 1.17 bits per heavy atom. The molecule has 7 nitrogen and oxygen atoms in total. The highest BCUT2D eigenvalue weighted by molar-refractivity contribution is 6.06. The first-order chi connectivity index (χ1) is 11.5. The zero-order valence-electron chi connectivity index (χ0n) is 14.6. The summed E-state index contributed by atoms with van der Waals surface area (Å²) < 4.78 is 10.3. The molecular weight excluding hydrogens is 310 g/mol. The molecule has 0 spiro atoms. The van der Waals surface area contributed by atoms with Crippen LogP contribution in [0.4, 0.5) is 5.69 Å². The van der Waals surface area contributed by atoms with Crippen LogP contribution < -0.4 is 20.2 Å². The van der Waals surface area contributed by atoms with Crippen molar-refractivity contribution in [3.8, 4) is 11.5 Å². The molecule has 0 atom stereocenters. The third-order valence-electron chi connectivity index (χ3n) is 3.23. The van der Waals surface area contributed by atoms with E-state index in [1.54, 1.807) is 32.2 Å². The standard InChI is InChI=1S/C17H25N3O4/c1-5-6-7-16(21)20-19-12(2)10-17(22)18-14-11-13(23-3)8-9-15(14)24-4/h8-9,11H,5-7,10H2,1-4H3,(H,18,22)(H,20,21). The van der Waals surface area contributed by atoms with Gasteiger partial charge in [0.25, 0.3) is 0 Å². The van der Waals surface area contributed by atoms with Crippen LogP contribution in [-0.4, -0.2) is 31.7 Å². The SMILES string of the molecule is CCCCC(=O)NN=C(C)CC(=O)Nc1cc(OC)ccc1OC. The highest BCUT2D eigenvalue weighted by atomic mass is 16.5. The second-order valence-electron chi connectivity index (χ2n) is 5.28. The number of hydrazone groups is 1. The highest BCUT2D eigenvalue weighted by Gasteiger charge is 2.10. The number of nitrogens with one attached hydrogen (secondary N) is 2. The summed E-state index contributed by atoms with van der Waals surface area (Å²) in [6.07, 6.45) is 2.26. The maximum Gasteiger partial charge on any atom is 0.240 e. The van der Waals surface area contributed by atoms with Gasteiger partial charge in [0.1, 0.15) is 11.5 Å². The fourth-order valence-corrected chi connectivity index (χ4v) is 1.93. The van der Waals surface area contributed by atoms with Crippen LogP contribution in [0, 0.1) is 0 Å². The van der Waals surface area contributed by atoms with Gasteiger partial charge in [-0.3, -0.25) is 9.59 Å². The molecule has 0 saturated heterocycles. The molecule has 2 amide bonds. The molecule has 0 unspecified atom stereocenters. The van der Waals surface area contributed by atoms with Crippen LogP contribution in [0.2, 0.25) is 0 Å². The van der Waals surface area contributed by atoms with Gasteiger partial charge in [0.15, 0.2) is 0 Å². The predicted octanol–water partition coefficient (Wildman–Crippen LogP) is 2.71. The molecule has 1 rings (SSSR count). The van der Waals surface area contributed by atoms with Gasteiger partial charge in [-0.05, 0) is 25.5 Å². The lowest BCUT2D eigenvalue weighted by atomic mass is 10.2. The third-order valence-corrected chi connectivity index (χ3v) is 3.23. The van der Waals surface area contributed by atoms with Crippen molar-refractivity contribution in [2.45, 2.75) is 39.5 Å². The van der Waals surface area contributed by atoms with E-state index in [1.165, 1.54) is 7.11 Å². The number of hydrogen-bond acceptors (Lipinski definition) is 5. The van der Waals surface area contributed by atoms with E-state index in [4.69, 9.17) is 9.47 Å². The number of amides is 2. The minimum atomic E-state index is -0.259. The lowest BCUT2D eigenvalue weighted by Gasteiger charge is -2.11. The van der Waals surface area contributed by atoms with E-state index in [-0.39, 0.29) is 18.2 Å². The molecule has 1 aromatic carbocycles. The van der Waals surface area contributed by atoms with Crippen molar-refractivity contribution in [1.82, 2.24) is 5.43 Å². The first-order valence-electron chi connectivity index (χ1n) is 7.84. The molecule has 0 fully saturated rings. The minimum Gasteiger partial charge on any atom is -0.497 e. The number of methoxy groups -OCH3 is 2. The molecule has 7 heteroatoms. The summed E-state index contributed by atoms with van der Waals surface area (Å²) in [4.78, 5) is 23.6. The Morgan fingerprint density at radius 2 is 1.92 bits per heavy atom. The van der Waals surface area contributed by atoms with Crippen molar-refractivity contribution >= 4 is 23.2 Å².